The maximum absolute atomic E-state index is 12.1. The molecule has 26 heavy (non-hydrogen) atoms. The minimum atomic E-state index is -0.114. The van der Waals surface area contributed by atoms with Crippen molar-refractivity contribution in [3.63, 3.8) is 0 Å². The smallest absolute Gasteiger partial charge is 0.277 e. The molecule has 3 rings (SSSR count). The van der Waals surface area contributed by atoms with Gasteiger partial charge in [0.15, 0.2) is 0 Å². The molecule has 0 spiro atoms. The number of thiazole rings is 1. The SMILES string of the molecule is Cc1nc(C)c(-c2nnc(SCC(=O)Nc3ccc(C(C)C)cc3)o2)s1. The number of nitrogens with one attached hydrogen (secondary N) is 1. The lowest BCUT2D eigenvalue weighted by Crippen LogP contribution is -2.14. The van der Waals surface area contributed by atoms with Gasteiger partial charge in [-0.1, -0.05) is 37.7 Å². The van der Waals surface area contributed by atoms with E-state index in [1.54, 1.807) is 0 Å². The van der Waals surface area contributed by atoms with Crippen LogP contribution < -0.4 is 5.32 Å². The molecule has 2 heterocycles. The van der Waals surface area contributed by atoms with E-state index in [9.17, 15) is 4.79 Å². The maximum Gasteiger partial charge on any atom is 0.277 e. The number of anilines is 1. The van der Waals surface area contributed by atoms with Gasteiger partial charge in [0.2, 0.25) is 5.91 Å². The highest BCUT2D eigenvalue weighted by Gasteiger charge is 2.16. The molecule has 0 aliphatic rings. The highest BCUT2D eigenvalue weighted by molar-refractivity contribution is 7.99. The number of rotatable bonds is 6. The van der Waals surface area contributed by atoms with Gasteiger partial charge in [-0.15, -0.1) is 21.5 Å². The zero-order valence-electron chi connectivity index (χ0n) is 15.1. The molecular formula is C18H20N4O2S2. The topological polar surface area (TPSA) is 80.9 Å². The van der Waals surface area contributed by atoms with Gasteiger partial charge in [-0.3, -0.25) is 4.79 Å². The van der Waals surface area contributed by atoms with E-state index in [2.05, 4.69) is 34.3 Å². The molecule has 0 fully saturated rings. The molecule has 0 aliphatic carbocycles. The van der Waals surface area contributed by atoms with Crippen molar-refractivity contribution in [3.8, 4) is 10.8 Å². The van der Waals surface area contributed by atoms with E-state index in [4.69, 9.17) is 4.42 Å². The van der Waals surface area contributed by atoms with Crippen LogP contribution >= 0.6 is 23.1 Å². The fourth-order valence-electron chi connectivity index (χ4n) is 2.37. The Bertz CT molecular complexity index is 900. The summed E-state index contributed by atoms with van der Waals surface area (Å²) in [6.07, 6.45) is 0. The second kappa shape index (κ2) is 8.01. The maximum atomic E-state index is 12.1. The summed E-state index contributed by atoms with van der Waals surface area (Å²) in [6.45, 7) is 8.12. The standard InChI is InChI=1S/C18H20N4O2S2/c1-10(2)13-5-7-14(8-6-13)20-15(23)9-25-18-22-21-17(24-18)16-11(3)19-12(4)26-16/h5-8,10H,9H2,1-4H3,(H,20,23). The highest BCUT2D eigenvalue weighted by atomic mass is 32.2. The lowest BCUT2D eigenvalue weighted by Gasteiger charge is -2.07. The Hall–Kier alpha value is -2.19. The van der Waals surface area contributed by atoms with Crippen molar-refractivity contribution in [1.29, 1.82) is 0 Å². The molecule has 1 aromatic carbocycles. The van der Waals surface area contributed by atoms with Crippen LogP contribution in [0.25, 0.3) is 10.8 Å². The molecule has 6 nitrogen and oxygen atoms in total. The highest BCUT2D eigenvalue weighted by Crippen LogP contribution is 2.30. The van der Waals surface area contributed by atoms with E-state index in [1.165, 1.54) is 28.7 Å². The first kappa shape index (κ1) is 18.6. The lowest BCUT2D eigenvalue weighted by molar-refractivity contribution is -0.113. The van der Waals surface area contributed by atoms with E-state index in [1.807, 2.05) is 38.1 Å². The zero-order chi connectivity index (χ0) is 18.7. The lowest BCUT2D eigenvalue weighted by atomic mass is 10.0. The molecule has 0 saturated carbocycles. The third kappa shape index (κ3) is 4.50. The van der Waals surface area contributed by atoms with Crippen LogP contribution in [0.5, 0.6) is 0 Å². The molecular weight excluding hydrogens is 368 g/mol. The van der Waals surface area contributed by atoms with Crippen molar-refractivity contribution < 1.29 is 9.21 Å². The zero-order valence-corrected chi connectivity index (χ0v) is 16.7. The molecule has 2 aromatic heterocycles. The summed E-state index contributed by atoms with van der Waals surface area (Å²) in [4.78, 5) is 17.3. The number of benzene rings is 1. The second-order valence-electron chi connectivity index (χ2n) is 6.13. The fraction of sp³-hybridized carbons (Fsp3) is 0.333. The van der Waals surface area contributed by atoms with Gasteiger partial charge in [-0.25, -0.2) is 4.98 Å². The van der Waals surface area contributed by atoms with Gasteiger partial charge in [0.05, 0.1) is 16.5 Å². The Kier molecular flexibility index (Phi) is 5.73. The van der Waals surface area contributed by atoms with Gasteiger partial charge in [-0.2, -0.15) is 0 Å². The number of carbonyl (C=O) groups excluding carboxylic acids is 1. The number of carbonyl (C=O) groups is 1. The van der Waals surface area contributed by atoms with E-state index < -0.39 is 0 Å². The molecule has 0 unspecified atom stereocenters. The molecule has 1 amide bonds. The van der Waals surface area contributed by atoms with Crippen LogP contribution in [0.15, 0.2) is 33.9 Å². The largest absolute Gasteiger partial charge is 0.410 e. The third-order valence-corrected chi connectivity index (χ3v) is 5.57. The van der Waals surface area contributed by atoms with E-state index in [0.29, 0.717) is 17.0 Å². The molecule has 0 aliphatic heterocycles. The van der Waals surface area contributed by atoms with Crippen molar-refractivity contribution in [2.24, 2.45) is 0 Å². The minimum Gasteiger partial charge on any atom is -0.410 e. The Morgan fingerprint density at radius 3 is 2.58 bits per heavy atom. The average Bonchev–Trinajstić information content (AvgIpc) is 3.19. The summed E-state index contributed by atoms with van der Waals surface area (Å²) in [5.41, 5.74) is 2.89. The van der Waals surface area contributed by atoms with Crippen LogP contribution in [0.2, 0.25) is 0 Å². The van der Waals surface area contributed by atoms with Crippen LogP contribution in [-0.2, 0) is 4.79 Å². The van der Waals surface area contributed by atoms with Gasteiger partial charge >= 0.3 is 0 Å². The number of nitrogens with zero attached hydrogens (tertiary/aromatic N) is 3. The molecule has 1 N–H and O–H groups in total. The number of thioether (sulfide) groups is 1. The summed E-state index contributed by atoms with van der Waals surface area (Å²) in [5.74, 6) is 0.999. The third-order valence-electron chi connectivity index (χ3n) is 3.69. The van der Waals surface area contributed by atoms with Crippen LogP contribution in [0.1, 0.15) is 36.0 Å². The second-order valence-corrected chi connectivity index (χ2v) is 8.26. The van der Waals surface area contributed by atoms with Crippen LogP contribution in [0, 0.1) is 13.8 Å². The Morgan fingerprint density at radius 2 is 1.96 bits per heavy atom. The Balaban J connectivity index is 1.55. The van der Waals surface area contributed by atoms with Gasteiger partial charge in [0, 0.05) is 5.69 Å². The van der Waals surface area contributed by atoms with E-state index >= 15 is 0 Å². The molecule has 3 aromatic rings. The number of amides is 1. The summed E-state index contributed by atoms with van der Waals surface area (Å²) in [5, 5.41) is 12.2. The van der Waals surface area contributed by atoms with Crippen molar-refractivity contribution in [3.05, 3.63) is 40.5 Å². The summed E-state index contributed by atoms with van der Waals surface area (Å²) in [6, 6.07) is 7.88. The monoisotopic (exact) mass is 388 g/mol. The van der Waals surface area contributed by atoms with Crippen molar-refractivity contribution >= 4 is 34.7 Å². The molecule has 8 heteroatoms. The molecule has 0 bridgehead atoms. The van der Waals surface area contributed by atoms with Gasteiger partial charge in [-0.05, 0) is 37.5 Å². The van der Waals surface area contributed by atoms with Crippen molar-refractivity contribution in [2.45, 2.75) is 38.8 Å². The number of aryl methyl sites for hydroxylation is 2. The summed E-state index contributed by atoms with van der Waals surface area (Å²) in [7, 11) is 0. The van der Waals surface area contributed by atoms with Crippen LogP contribution in [-0.4, -0.2) is 26.8 Å². The molecule has 136 valence electrons. The molecule has 0 atom stereocenters. The van der Waals surface area contributed by atoms with Crippen LogP contribution in [0.4, 0.5) is 5.69 Å². The molecule has 0 saturated heterocycles. The first-order valence-corrected chi connectivity index (χ1v) is 10.0. The van der Waals surface area contributed by atoms with Gasteiger partial charge in [0.1, 0.15) is 4.88 Å². The van der Waals surface area contributed by atoms with Crippen LogP contribution in [0.3, 0.4) is 0 Å². The average molecular weight is 389 g/mol. The number of aromatic nitrogens is 3. The Labute approximate surface area is 160 Å². The number of hydrogen-bond donors (Lipinski definition) is 1. The first-order chi connectivity index (χ1) is 12.4. The predicted octanol–water partition coefficient (Wildman–Crippen LogP) is 4.66. The first-order valence-electron chi connectivity index (χ1n) is 8.23. The summed E-state index contributed by atoms with van der Waals surface area (Å²) < 4.78 is 5.64. The fourth-order valence-corrected chi connectivity index (χ4v) is 3.77. The van der Waals surface area contributed by atoms with Crippen molar-refractivity contribution in [1.82, 2.24) is 15.2 Å². The quantitative estimate of drug-likeness (QED) is 0.618. The van der Waals surface area contributed by atoms with E-state index in [0.717, 1.165) is 21.3 Å². The van der Waals surface area contributed by atoms with E-state index in [-0.39, 0.29) is 11.7 Å². The molecule has 0 radical (unpaired) electrons. The predicted molar refractivity (Wildman–Crippen MR) is 105 cm³/mol. The minimum absolute atomic E-state index is 0.114. The van der Waals surface area contributed by atoms with Gasteiger partial charge in [0.25, 0.3) is 11.1 Å². The number of hydrogen-bond acceptors (Lipinski definition) is 7. The normalized spacial score (nSPS) is 11.1. The summed E-state index contributed by atoms with van der Waals surface area (Å²) >= 11 is 2.73. The van der Waals surface area contributed by atoms with Crippen molar-refractivity contribution in [2.75, 3.05) is 11.1 Å². The van der Waals surface area contributed by atoms with Gasteiger partial charge < -0.3 is 9.73 Å². The Morgan fingerprint density at radius 1 is 1.23 bits per heavy atom.